The quantitative estimate of drug-likeness (QED) is 0.153. The van der Waals surface area contributed by atoms with Crippen LogP contribution in [-0.4, -0.2) is 4.57 Å². The van der Waals surface area contributed by atoms with Crippen LogP contribution >= 0.6 is 0 Å². The number of aromatic nitrogens is 1. The molecule has 0 radical (unpaired) electrons. The predicted octanol–water partition coefficient (Wildman–Crippen LogP) is 16.8. The molecule has 0 unspecified atom stereocenters. The van der Waals surface area contributed by atoms with E-state index in [1.807, 2.05) is 6.07 Å². The van der Waals surface area contributed by atoms with Crippen LogP contribution in [0, 0.1) is 0 Å². The summed E-state index contributed by atoms with van der Waals surface area (Å²) in [5.74, 6) is 0. The van der Waals surface area contributed by atoms with Gasteiger partial charge < -0.3 is 13.9 Å². The van der Waals surface area contributed by atoms with E-state index in [1.54, 1.807) is 0 Å². The highest BCUT2D eigenvalue weighted by atomic mass is 16.3. The number of hydrogen-bond donors (Lipinski definition) is 0. The Kier molecular flexibility index (Phi) is 8.83. The second kappa shape index (κ2) is 15.3. The SMILES string of the molecule is c1ccc(-c2ccc(N(c3ccc(-c4ccccc4)cc3)c3ccc(-c4cc(-c5ccc(-n6c7ccccc7c7ccccc76)cc5)c5oc6ccccc6c5c4)cc3)cc2)cc1. The molecule has 0 aliphatic carbocycles. The molecule has 12 aromatic rings. The Morgan fingerprint density at radius 3 is 1.24 bits per heavy atom. The van der Waals surface area contributed by atoms with Crippen molar-refractivity contribution in [3.05, 3.63) is 243 Å². The van der Waals surface area contributed by atoms with Crippen molar-refractivity contribution in [3.63, 3.8) is 0 Å². The molecule has 10 aromatic carbocycles. The number of hydrogen-bond acceptors (Lipinski definition) is 2. The molecule has 0 aliphatic heterocycles. The molecular weight excluding hydrogens is 765 g/mol. The monoisotopic (exact) mass is 804 g/mol. The number of benzene rings is 10. The van der Waals surface area contributed by atoms with E-state index in [-0.39, 0.29) is 0 Å². The Morgan fingerprint density at radius 2 is 0.714 bits per heavy atom. The van der Waals surface area contributed by atoms with E-state index in [4.69, 9.17) is 4.42 Å². The van der Waals surface area contributed by atoms with Crippen molar-refractivity contribution in [2.45, 2.75) is 0 Å². The number of para-hydroxylation sites is 3. The van der Waals surface area contributed by atoms with Gasteiger partial charge in [-0.3, -0.25) is 0 Å². The Morgan fingerprint density at radius 1 is 0.302 bits per heavy atom. The maximum atomic E-state index is 6.66. The van der Waals surface area contributed by atoms with Gasteiger partial charge in [0.05, 0.1) is 11.0 Å². The van der Waals surface area contributed by atoms with Gasteiger partial charge in [0.1, 0.15) is 11.2 Å². The smallest absolute Gasteiger partial charge is 0.143 e. The zero-order valence-corrected chi connectivity index (χ0v) is 34.4. The average Bonchev–Trinajstić information content (AvgIpc) is 3.91. The summed E-state index contributed by atoms with van der Waals surface area (Å²) in [4.78, 5) is 2.34. The predicted molar refractivity (Wildman–Crippen MR) is 264 cm³/mol. The minimum atomic E-state index is 0.885. The fourth-order valence-electron chi connectivity index (χ4n) is 9.32. The molecule has 0 spiro atoms. The van der Waals surface area contributed by atoms with Gasteiger partial charge in [0, 0.05) is 49.9 Å². The van der Waals surface area contributed by atoms with Crippen molar-refractivity contribution in [2.24, 2.45) is 0 Å². The Bertz CT molecular complexity index is 3430. The summed E-state index contributed by atoms with van der Waals surface area (Å²) in [6.07, 6.45) is 0. The number of nitrogens with zero attached hydrogens (tertiary/aromatic N) is 2. The maximum Gasteiger partial charge on any atom is 0.143 e. The van der Waals surface area contributed by atoms with Gasteiger partial charge >= 0.3 is 0 Å². The highest BCUT2D eigenvalue weighted by Gasteiger charge is 2.18. The summed E-state index contributed by atoms with van der Waals surface area (Å²) in [6.45, 7) is 0. The van der Waals surface area contributed by atoms with Crippen LogP contribution in [0.2, 0.25) is 0 Å². The molecule has 3 heteroatoms. The molecule has 63 heavy (non-hydrogen) atoms. The molecular formula is C60H40N2O. The minimum Gasteiger partial charge on any atom is -0.455 e. The zero-order valence-electron chi connectivity index (χ0n) is 34.4. The highest BCUT2D eigenvalue weighted by Crippen LogP contribution is 2.42. The molecule has 0 amide bonds. The van der Waals surface area contributed by atoms with Crippen molar-refractivity contribution < 1.29 is 4.42 Å². The first-order valence-corrected chi connectivity index (χ1v) is 21.5. The third-order valence-corrected chi connectivity index (χ3v) is 12.4. The van der Waals surface area contributed by atoms with Gasteiger partial charge in [0.15, 0.2) is 0 Å². The van der Waals surface area contributed by atoms with Gasteiger partial charge in [-0.15, -0.1) is 0 Å². The molecule has 0 atom stereocenters. The van der Waals surface area contributed by atoms with Gasteiger partial charge in [0.25, 0.3) is 0 Å². The normalized spacial score (nSPS) is 11.5. The first kappa shape index (κ1) is 36.5. The largest absolute Gasteiger partial charge is 0.455 e. The summed E-state index contributed by atoms with van der Waals surface area (Å²) < 4.78 is 9.02. The zero-order chi connectivity index (χ0) is 41.7. The van der Waals surface area contributed by atoms with E-state index >= 15 is 0 Å². The van der Waals surface area contributed by atoms with Crippen molar-refractivity contribution >= 4 is 60.8 Å². The van der Waals surface area contributed by atoms with Crippen molar-refractivity contribution in [3.8, 4) is 50.2 Å². The van der Waals surface area contributed by atoms with Crippen LogP contribution in [0.3, 0.4) is 0 Å². The first-order valence-electron chi connectivity index (χ1n) is 21.5. The fraction of sp³-hybridized carbons (Fsp3) is 0. The first-order chi connectivity index (χ1) is 31.2. The summed E-state index contributed by atoms with van der Waals surface area (Å²) in [5, 5.41) is 4.72. The third kappa shape index (κ3) is 6.46. The molecule has 0 saturated carbocycles. The molecule has 296 valence electrons. The van der Waals surface area contributed by atoms with Crippen LogP contribution < -0.4 is 4.90 Å². The number of anilines is 3. The van der Waals surface area contributed by atoms with Gasteiger partial charge in [-0.2, -0.15) is 0 Å². The van der Waals surface area contributed by atoms with Gasteiger partial charge in [-0.05, 0) is 118 Å². The van der Waals surface area contributed by atoms with Crippen LogP contribution in [0.4, 0.5) is 17.1 Å². The van der Waals surface area contributed by atoms with E-state index < -0.39 is 0 Å². The molecule has 0 N–H and O–H groups in total. The number of fused-ring (bicyclic) bond motifs is 6. The van der Waals surface area contributed by atoms with Crippen LogP contribution in [0.1, 0.15) is 0 Å². The topological polar surface area (TPSA) is 21.3 Å². The highest BCUT2D eigenvalue weighted by molar-refractivity contribution is 6.12. The number of rotatable bonds is 8. The fourth-order valence-corrected chi connectivity index (χ4v) is 9.32. The molecule has 2 aromatic heterocycles. The van der Waals surface area contributed by atoms with Gasteiger partial charge in [0.2, 0.25) is 0 Å². The summed E-state index contributed by atoms with van der Waals surface area (Å²) >= 11 is 0. The van der Waals surface area contributed by atoms with Crippen molar-refractivity contribution in [1.29, 1.82) is 0 Å². The number of furan rings is 1. The molecule has 0 fully saturated rings. The van der Waals surface area contributed by atoms with E-state index in [2.05, 4.69) is 246 Å². The maximum absolute atomic E-state index is 6.66. The molecule has 0 bridgehead atoms. The Hall–Kier alpha value is -8.40. The lowest BCUT2D eigenvalue weighted by Crippen LogP contribution is -2.09. The summed E-state index contributed by atoms with van der Waals surface area (Å²) in [6, 6.07) is 87.0. The lowest BCUT2D eigenvalue weighted by atomic mass is 9.95. The van der Waals surface area contributed by atoms with Crippen molar-refractivity contribution in [1.82, 2.24) is 4.57 Å². The lowest BCUT2D eigenvalue weighted by Gasteiger charge is -2.26. The van der Waals surface area contributed by atoms with E-state index in [0.29, 0.717) is 0 Å². The Balaban J connectivity index is 0.944. The second-order valence-electron chi connectivity index (χ2n) is 16.1. The van der Waals surface area contributed by atoms with Crippen LogP contribution in [0.5, 0.6) is 0 Å². The van der Waals surface area contributed by atoms with Gasteiger partial charge in [-0.25, -0.2) is 0 Å². The third-order valence-electron chi connectivity index (χ3n) is 12.4. The molecule has 3 nitrogen and oxygen atoms in total. The van der Waals surface area contributed by atoms with E-state index in [1.165, 1.54) is 44.1 Å². The van der Waals surface area contributed by atoms with Gasteiger partial charge in [-0.1, -0.05) is 164 Å². The molecule has 2 heterocycles. The average molecular weight is 805 g/mol. The minimum absolute atomic E-state index is 0.885. The molecule has 0 aliphatic rings. The standard InChI is InChI=1S/C60H40N2O/c1-3-13-41(14-4-1)43-23-31-48(32-24-43)61(49-33-25-44(26-34-49)42-15-5-2-6-16-42)50-35-27-45(28-36-50)47-39-55(60-56(40-47)54-19-9-12-22-59(54)63-60)46-29-37-51(38-30-46)62-57-20-10-7-17-52(57)53-18-8-11-21-58(53)62/h1-40H. The Labute approximate surface area is 366 Å². The van der Waals surface area contributed by atoms with Crippen LogP contribution in [0.15, 0.2) is 247 Å². The van der Waals surface area contributed by atoms with Crippen LogP contribution in [-0.2, 0) is 0 Å². The summed E-state index contributed by atoms with van der Waals surface area (Å²) in [7, 11) is 0. The van der Waals surface area contributed by atoms with Crippen LogP contribution in [0.25, 0.3) is 93.9 Å². The lowest BCUT2D eigenvalue weighted by molar-refractivity contribution is 0.670. The van der Waals surface area contributed by atoms with E-state index in [0.717, 1.165) is 66.9 Å². The summed E-state index contributed by atoms with van der Waals surface area (Å²) in [5.41, 5.74) is 17.8. The van der Waals surface area contributed by atoms with Crippen molar-refractivity contribution in [2.75, 3.05) is 4.90 Å². The second-order valence-corrected chi connectivity index (χ2v) is 16.1. The molecule has 0 saturated heterocycles. The molecule has 12 rings (SSSR count). The van der Waals surface area contributed by atoms with E-state index in [9.17, 15) is 0 Å².